The topological polar surface area (TPSA) is 47.0 Å². The average Bonchev–Trinajstić information content (AvgIpc) is 2.22. The van der Waals surface area contributed by atoms with Crippen molar-refractivity contribution in [2.24, 2.45) is 0 Å². The van der Waals surface area contributed by atoms with E-state index in [1.807, 2.05) is 0 Å². The normalized spacial score (nSPS) is 16.2. The van der Waals surface area contributed by atoms with E-state index in [-0.39, 0.29) is 0 Å². The molecule has 0 radical (unpaired) electrons. The number of hydrogen-bond donors (Lipinski definition) is 1. The van der Waals surface area contributed by atoms with Gasteiger partial charge in [-0.15, -0.1) is 0 Å². The predicted octanol–water partition coefficient (Wildman–Crippen LogP) is 1.91. The molecule has 1 N–H and O–H groups in total. The highest BCUT2D eigenvalue weighted by molar-refractivity contribution is 5.08. The Morgan fingerprint density at radius 2 is 2.19 bits per heavy atom. The van der Waals surface area contributed by atoms with E-state index in [4.69, 9.17) is 4.74 Å². The van der Waals surface area contributed by atoms with Crippen LogP contribution in [0.5, 0.6) is 5.88 Å². The van der Waals surface area contributed by atoms with Gasteiger partial charge in [-0.25, -0.2) is 4.98 Å². The lowest BCUT2D eigenvalue weighted by atomic mass is 9.96. The van der Waals surface area contributed by atoms with E-state index in [2.05, 4.69) is 29.1 Å². The molecular weight excluding hydrogens is 202 g/mol. The van der Waals surface area contributed by atoms with Crippen LogP contribution in [0.25, 0.3) is 0 Å². The van der Waals surface area contributed by atoms with Crippen molar-refractivity contribution in [2.45, 2.75) is 51.8 Å². The molecule has 1 aliphatic rings. The van der Waals surface area contributed by atoms with Crippen molar-refractivity contribution in [3.8, 4) is 5.88 Å². The second-order valence-corrected chi connectivity index (χ2v) is 4.55. The van der Waals surface area contributed by atoms with Gasteiger partial charge in [0.25, 0.3) is 0 Å². The van der Waals surface area contributed by atoms with E-state index in [1.165, 1.54) is 6.42 Å². The van der Waals surface area contributed by atoms with Crippen molar-refractivity contribution < 1.29 is 4.74 Å². The first-order chi connectivity index (χ1) is 7.74. The maximum atomic E-state index is 5.64. The number of ether oxygens (including phenoxy) is 1. The zero-order chi connectivity index (χ0) is 11.4. The minimum Gasteiger partial charge on any atom is -0.473 e. The predicted molar refractivity (Wildman–Crippen MR) is 62.3 cm³/mol. The molecule has 1 aromatic rings. The van der Waals surface area contributed by atoms with Crippen LogP contribution in [0.15, 0.2) is 12.4 Å². The molecule has 0 aromatic carbocycles. The van der Waals surface area contributed by atoms with Crippen molar-refractivity contribution in [2.75, 3.05) is 0 Å². The van der Waals surface area contributed by atoms with Gasteiger partial charge in [0.1, 0.15) is 6.10 Å². The van der Waals surface area contributed by atoms with Crippen LogP contribution in [0, 0.1) is 0 Å². The molecule has 1 fully saturated rings. The first-order valence-electron chi connectivity index (χ1n) is 5.95. The van der Waals surface area contributed by atoms with Crippen LogP contribution in [0.1, 0.15) is 38.8 Å². The van der Waals surface area contributed by atoms with E-state index in [0.717, 1.165) is 25.1 Å². The maximum Gasteiger partial charge on any atom is 0.232 e. The highest BCUT2D eigenvalue weighted by Gasteiger charge is 2.19. The van der Waals surface area contributed by atoms with Crippen LogP contribution < -0.4 is 10.1 Å². The Kier molecular flexibility index (Phi) is 3.72. The zero-order valence-electron chi connectivity index (χ0n) is 9.94. The third-order valence-corrected chi connectivity index (χ3v) is 2.71. The zero-order valence-corrected chi connectivity index (χ0v) is 9.94. The molecule has 1 saturated carbocycles. The third-order valence-electron chi connectivity index (χ3n) is 2.71. The van der Waals surface area contributed by atoms with Crippen LogP contribution in [0.2, 0.25) is 0 Å². The molecule has 0 spiro atoms. The number of hydrogen-bond acceptors (Lipinski definition) is 4. The minimum absolute atomic E-state index is 0.369. The van der Waals surface area contributed by atoms with Crippen molar-refractivity contribution in [3.05, 3.63) is 18.1 Å². The highest BCUT2D eigenvalue weighted by atomic mass is 16.5. The van der Waals surface area contributed by atoms with Gasteiger partial charge >= 0.3 is 0 Å². The van der Waals surface area contributed by atoms with Gasteiger partial charge in [-0.1, -0.05) is 13.8 Å². The molecule has 0 amide bonds. The molecule has 4 nitrogen and oxygen atoms in total. The van der Waals surface area contributed by atoms with Crippen molar-refractivity contribution in [3.63, 3.8) is 0 Å². The molecule has 1 aromatic heterocycles. The molecule has 88 valence electrons. The van der Waals surface area contributed by atoms with Gasteiger partial charge in [-0.05, 0) is 19.3 Å². The number of nitrogens with zero attached hydrogens (tertiary/aromatic N) is 2. The monoisotopic (exact) mass is 221 g/mol. The molecule has 2 rings (SSSR count). The average molecular weight is 221 g/mol. The molecular formula is C12H19N3O. The van der Waals surface area contributed by atoms with E-state index in [0.29, 0.717) is 18.0 Å². The van der Waals surface area contributed by atoms with Crippen molar-refractivity contribution in [1.82, 2.24) is 15.3 Å². The summed E-state index contributed by atoms with van der Waals surface area (Å²) in [6.45, 7) is 4.98. The first kappa shape index (κ1) is 11.3. The van der Waals surface area contributed by atoms with Gasteiger partial charge in [0.2, 0.25) is 5.88 Å². The summed E-state index contributed by atoms with van der Waals surface area (Å²) in [6, 6.07) is 0.465. The van der Waals surface area contributed by atoms with Gasteiger partial charge in [-0.2, -0.15) is 0 Å². The smallest absolute Gasteiger partial charge is 0.232 e. The number of rotatable bonds is 5. The SMILES string of the molecule is CC(C)NCc1cnc(OC2CCC2)cn1. The third kappa shape index (κ3) is 3.17. The summed E-state index contributed by atoms with van der Waals surface area (Å²) in [5.41, 5.74) is 0.953. The van der Waals surface area contributed by atoms with Gasteiger partial charge in [0, 0.05) is 12.6 Å². The van der Waals surface area contributed by atoms with Gasteiger partial charge < -0.3 is 10.1 Å². The van der Waals surface area contributed by atoms with Crippen LogP contribution in [0.3, 0.4) is 0 Å². The largest absolute Gasteiger partial charge is 0.473 e. The Morgan fingerprint density at radius 1 is 1.38 bits per heavy atom. The van der Waals surface area contributed by atoms with Crippen molar-refractivity contribution >= 4 is 0 Å². The first-order valence-corrected chi connectivity index (χ1v) is 5.95. The Morgan fingerprint density at radius 3 is 2.69 bits per heavy atom. The molecule has 0 bridgehead atoms. The Balaban J connectivity index is 1.83. The van der Waals surface area contributed by atoms with Gasteiger partial charge in [-0.3, -0.25) is 4.98 Å². The van der Waals surface area contributed by atoms with Gasteiger partial charge in [0.15, 0.2) is 0 Å². The Hall–Kier alpha value is -1.16. The lowest BCUT2D eigenvalue weighted by molar-refractivity contribution is 0.114. The highest BCUT2D eigenvalue weighted by Crippen LogP contribution is 2.23. The quantitative estimate of drug-likeness (QED) is 0.825. The Bertz CT molecular complexity index is 320. The fourth-order valence-electron chi connectivity index (χ4n) is 1.46. The standard InChI is InChI=1S/C12H19N3O/c1-9(2)13-6-10-7-15-12(8-14-10)16-11-4-3-5-11/h7-9,11,13H,3-6H2,1-2H3. The van der Waals surface area contributed by atoms with E-state index >= 15 is 0 Å². The Labute approximate surface area is 96.4 Å². The second kappa shape index (κ2) is 5.25. The molecule has 0 aliphatic heterocycles. The van der Waals surface area contributed by atoms with E-state index in [1.54, 1.807) is 12.4 Å². The molecule has 16 heavy (non-hydrogen) atoms. The summed E-state index contributed by atoms with van der Waals surface area (Å²) in [5, 5.41) is 3.30. The molecule has 0 unspecified atom stereocenters. The van der Waals surface area contributed by atoms with Crippen LogP contribution in [0.4, 0.5) is 0 Å². The van der Waals surface area contributed by atoms with Crippen LogP contribution in [-0.2, 0) is 6.54 Å². The lowest BCUT2D eigenvalue weighted by Crippen LogP contribution is -2.25. The second-order valence-electron chi connectivity index (χ2n) is 4.55. The molecule has 4 heteroatoms. The van der Waals surface area contributed by atoms with Crippen LogP contribution >= 0.6 is 0 Å². The minimum atomic E-state index is 0.369. The summed E-state index contributed by atoms with van der Waals surface area (Å²) >= 11 is 0. The number of nitrogens with one attached hydrogen (secondary N) is 1. The summed E-state index contributed by atoms with van der Waals surface area (Å²) in [4.78, 5) is 8.57. The van der Waals surface area contributed by atoms with Crippen LogP contribution in [-0.4, -0.2) is 22.1 Å². The van der Waals surface area contributed by atoms with E-state index in [9.17, 15) is 0 Å². The summed E-state index contributed by atoms with van der Waals surface area (Å²) in [6.07, 6.45) is 7.44. The summed E-state index contributed by atoms with van der Waals surface area (Å²) in [5.74, 6) is 0.651. The lowest BCUT2D eigenvalue weighted by Gasteiger charge is -2.25. The van der Waals surface area contributed by atoms with E-state index < -0.39 is 0 Å². The fourth-order valence-corrected chi connectivity index (χ4v) is 1.46. The molecule has 1 heterocycles. The summed E-state index contributed by atoms with van der Waals surface area (Å²) in [7, 11) is 0. The molecule has 0 saturated heterocycles. The van der Waals surface area contributed by atoms with Gasteiger partial charge in [0.05, 0.1) is 18.1 Å². The maximum absolute atomic E-state index is 5.64. The molecule has 1 aliphatic carbocycles. The summed E-state index contributed by atoms with van der Waals surface area (Å²) < 4.78 is 5.64. The fraction of sp³-hybridized carbons (Fsp3) is 0.667. The van der Waals surface area contributed by atoms with Crippen molar-refractivity contribution in [1.29, 1.82) is 0 Å². The number of aromatic nitrogens is 2. The molecule has 0 atom stereocenters.